The third-order valence-corrected chi connectivity index (χ3v) is 5.79. The standard InChI is InChI=1S/C18H20FN3O6S/c1-22(8-10-3-4-12(19)7-13(10)29(2,26)27)18(25)14-15(23)17(24)21-16(20-14)11-5-6-28-9-11/h3-4,7,11,23H,5-6,8-9H2,1-2H3,(H,20,21,24). The summed E-state index contributed by atoms with van der Waals surface area (Å²) in [6, 6.07) is 3.23. The molecule has 1 amide bonds. The molecule has 0 bridgehead atoms. The zero-order valence-corrected chi connectivity index (χ0v) is 16.6. The Morgan fingerprint density at radius 1 is 1.45 bits per heavy atom. The second-order valence-electron chi connectivity index (χ2n) is 6.89. The molecule has 2 heterocycles. The maximum absolute atomic E-state index is 13.5. The molecule has 1 aliphatic rings. The highest BCUT2D eigenvalue weighted by molar-refractivity contribution is 7.90. The average Bonchev–Trinajstić information content (AvgIpc) is 3.18. The van der Waals surface area contributed by atoms with Gasteiger partial charge in [-0.1, -0.05) is 6.07 Å². The van der Waals surface area contributed by atoms with E-state index in [1.807, 2.05) is 0 Å². The second-order valence-corrected chi connectivity index (χ2v) is 8.88. The summed E-state index contributed by atoms with van der Waals surface area (Å²) in [5.41, 5.74) is -1.10. The number of H-pyrrole nitrogens is 1. The van der Waals surface area contributed by atoms with Crippen LogP contribution in [0.3, 0.4) is 0 Å². The van der Waals surface area contributed by atoms with Crippen molar-refractivity contribution in [2.75, 3.05) is 26.5 Å². The minimum absolute atomic E-state index is 0.193. The SMILES string of the molecule is CN(Cc1ccc(F)cc1S(C)(=O)=O)C(=O)c1nc(C2CCOC2)[nH]c(=O)c1O. The van der Waals surface area contributed by atoms with E-state index in [1.165, 1.54) is 13.1 Å². The molecule has 0 aliphatic carbocycles. The Labute approximate surface area is 166 Å². The molecule has 29 heavy (non-hydrogen) atoms. The van der Waals surface area contributed by atoms with Gasteiger partial charge in [-0.25, -0.2) is 17.8 Å². The Morgan fingerprint density at radius 2 is 2.17 bits per heavy atom. The molecule has 9 nitrogen and oxygen atoms in total. The van der Waals surface area contributed by atoms with Crippen molar-refractivity contribution in [1.29, 1.82) is 0 Å². The van der Waals surface area contributed by atoms with Crippen LogP contribution in [0.5, 0.6) is 5.75 Å². The van der Waals surface area contributed by atoms with Gasteiger partial charge in [-0.05, 0) is 24.1 Å². The molecule has 0 radical (unpaired) electrons. The van der Waals surface area contributed by atoms with Gasteiger partial charge in [0.1, 0.15) is 11.6 Å². The van der Waals surface area contributed by atoms with Crippen molar-refractivity contribution < 1.29 is 27.4 Å². The number of carbonyl (C=O) groups excluding carboxylic acids is 1. The number of carbonyl (C=O) groups is 1. The van der Waals surface area contributed by atoms with Crippen molar-refractivity contribution in [3.05, 3.63) is 51.5 Å². The van der Waals surface area contributed by atoms with Crippen LogP contribution in [-0.2, 0) is 21.1 Å². The molecule has 156 valence electrons. The summed E-state index contributed by atoms with van der Waals surface area (Å²) >= 11 is 0. The Kier molecular flexibility index (Phi) is 5.71. The van der Waals surface area contributed by atoms with Gasteiger partial charge in [-0.2, -0.15) is 0 Å². The fourth-order valence-electron chi connectivity index (χ4n) is 3.09. The van der Waals surface area contributed by atoms with Crippen molar-refractivity contribution in [2.24, 2.45) is 0 Å². The Bertz CT molecular complexity index is 1110. The Morgan fingerprint density at radius 3 is 2.79 bits per heavy atom. The van der Waals surface area contributed by atoms with E-state index in [1.54, 1.807) is 0 Å². The van der Waals surface area contributed by atoms with E-state index in [0.717, 1.165) is 23.3 Å². The summed E-state index contributed by atoms with van der Waals surface area (Å²) in [7, 11) is -2.38. The van der Waals surface area contributed by atoms with Crippen LogP contribution in [0.2, 0.25) is 0 Å². The predicted octanol–water partition coefficient (Wildman–Crippen LogP) is 0.794. The number of nitrogens with zero attached hydrogens (tertiary/aromatic N) is 2. The summed E-state index contributed by atoms with van der Waals surface area (Å²) in [4.78, 5) is 32.3. The number of aromatic hydroxyl groups is 1. The van der Waals surface area contributed by atoms with E-state index in [4.69, 9.17) is 4.74 Å². The largest absolute Gasteiger partial charge is 0.501 e. The first-order chi connectivity index (χ1) is 13.6. The predicted molar refractivity (Wildman–Crippen MR) is 100 cm³/mol. The average molecular weight is 425 g/mol. The van der Waals surface area contributed by atoms with Crippen LogP contribution in [0.25, 0.3) is 0 Å². The highest BCUT2D eigenvalue weighted by Crippen LogP contribution is 2.24. The summed E-state index contributed by atoms with van der Waals surface area (Å²) in [5.74, 6) is -2.29. The first-order valence-corrected chi connectivity index (χ1v) is 10.6. The third kappa shape index (κ3) is 4.46. The summed E-state index contributed by atoms with van der Waals surface area (Å²) in [6.45, 7) is 0.638. The number of ether oxygens (including phenoxy) is 1. The lowest BCUT2D eigenvalue weighted by atomic mass is 10.1. The summed E-state index contributed by atoms with van der Waals surface area (Å²) in [6.07, 6.45) is 1.55. The van der Waals surface area contributed by atoms with Crippen LogP contribution in [0.1, 0.15) is 34.2 Å². The normalized spacial score (nSPS) is 16.7. The van der Waals surface area contributed by atoms with Crippen LogP contribution < -0.4 is 5.56 Å². The van der Waals surface area contributed by atoms with E-state index in [2.05, 4.69) is 9.97 Å². The maximum Gasteiger partial charge on any atom is 0.293 e. The number of sulfone groups is 1. The lowest BCUT2D eigenvalue weighted by Crippen LogP contribution is -2.30. The molecule has 11 heteroatoms. The van der Waals surface area contributed by atoms with Gasteiger partial charge in [-0.15, -0.1) is 0 Å². The molecule has 1 unspecified atom stereocenters. The molecule has 1 aromatic carbocycles. The van der Waals surface area contributed by atoms with Crippen LogP contribution in [-0.4, -0.2) is 60.8 Å². The molecule has 1 aromatic heterocycles. The number of hydrogen-bond donors (Lipinski definition) is 2. The lowest BCUT2D eigenvalue weighted by Gasteiger charge is -2.19. The van der Waals surface area contributed by atoms with Gasteiger partial charge in [0.25, 0.3) is 11.5 Å². The van der Waals surface area contributed by atoms with Gasteiger partial charge in [0, 0.05) is 32.4 Å². The molecule has 1 atom stereocenters. The quantitative estimate of drug-likeness (QED) is 0.724. The van der Waals surface area contributed by atoms with Gasteiger partial charge in [0.2, 0.25) is 5.75 Å². The van der Waals surface area contributed by atoms with E-state index >= 15 is 0 Å². The van der Waals surface area contributed by atoms with E-state index in [0.29, 0.717) is 19.6 Å². The van der Waals surface area contributed by atoms with Crippen LogP contribution >= 0.6 is 0 Å². The number of halogens is 1. The summed E-state index contributed by atoms with van der Waals surface area (Å²) in [5, 5.41) is 10.0. The molecule has 0 saturated carbocycles. The molecule has 1 saturated heterocycles. The fourth-order valence-corrected chi connectivity index (χ4v) is 4.02. The summed E-state index contributed by atoms with van der Waals surface area (Å²) < 4.78 is 42.6. The number of aromatic amines is 1. The number of rotatable bonds is 5. The van der Waals surface area contributed by atoms with Crippen molar-refractivity contribution in [2.45, 2.75) is 23.8 Å². The number of aromatic nitrogens is 2. The molecule has 2 N–H and O–H groups in total. The molecular formula is C18H20FN3O6S. The molecular weight excluding hydrogens is 405 g/mol. The van der Waals surface area contributed by atoms with Crippen molar-refractivity contribution in [3.63, 3.8) is 0 Å². The van der Waals surface area contributed by atoms with Gasteiger partial charge >= 0.3 is 0 Å². The number of amides is 1. The van der Waals surface area contributed by atoms with Gasteiger partial charge in [0.15, 0.2) is 15.5 Å². The first kappa shape index (κ1) is 20.9. The van der Waals surface area contributed by atoms with Gasteiger partial charge in [0.05, 0.1) is 11.5 Å². The third-order valence-electron chi connectivity index (χ3n) is 4.62. The molecule has 3 rings (SSSR count). The van der Waals surface area contributed by atoms with Crippen LogP contribution in [0.15, 0.2) is 27.9 Å². The maximum atomic E-state index is 13.5. The van der Waals surface area contributed by atoms with E-state index in [9.17, 15) is 27.5 Å². The first-order valence-electron chi connectivity index (χ1n) is 8.72. The van der Waals surface area contributed by atoms with Crippen molar-refractivity contribution in [3.8, 4) is 5.75 Å². The monoisotopic (exact) mass is 425 g/mol. The number of benzene rings is 1. The number of hydrogen-bond acceptors (Lipinski definition) is 7. The van der Waals surface area contributed by atoms with Crippen molar-refractivity contribution >= 4 is 15.7 Å². The molecule has 1 fully saturated rings. The zero-order chi connectivity index (χ0) is 21.3. The van der Waals surface area contributed by atoms with Crippen LogP contribution in [0, 0.1) is 5.82 Å². The fraction of sp³-hybridized carbons (Fsp3) is 0.389. The molecule has 0 spiro atoms. The van der Waals surface area contributed by atoms with Crippen LogP contribution in [0.4, 0.5) is 4.39 Å². The number of nitrogens with one attached hydrogen (secondary N) is 1. The Balaban J connectivity index is 1.93. The molecule has 2 aromatic rings. The minimum atomic E-state index is -3.74. The molecule has 1 aliphatic heterocycles. The van der Waals surface area contributed by atoms with Crippen molar-refractivity contribution in [1.82, 2.24) is 14.9 Å². The highest BCUT2D eigenvalue weighted by Gasteiger charge is 2.27. The topological polar surface area (TPSA) is 130 Å². The van der Waals surface area contributed by atoms with Gasteiger partial charge in [-0.3, -0.25) is 9.59 Å². The van der Waals surface area contributed by atoms with Gasteiger partial charge < -0.3 is 19.7 Å². The highest BCUT2D eigenvalue weighted by atomic mass is 32.2. The smallest absolute Gasteiger partial charge is 0.293 e. The Hall–Kier alpha value is -2.79. The minimum Gasteiger partial charge on any atom is -0.501 e. The zero-order valence-electron chi connectivity index (χ0n) is 15.8. The van der Waals surface area contributed by atoms with E-state index < -0.39 is 38.6 Å². The van der Waals surface area contributed by atoms with E-state index in [-0.39, 0.29) is 28.7 Å². The lowest BCUT2D eigenvalue weighted by molar-refractivity contribution is 0.0773. The second kappa shape index (κ2) is 7.91.